The maximum Gasteiger partial charge on any atom is 0.144 e. The van der Waals surface area contributed by atoms with Crippen LogP contribution in [0.5, 0.6) is 0 Å². The quantitative estimate of drug-likeness (QED) is 0.929. The molecule has 1 aromatic heterocycles. The third-order valence-electron chi connectivity index (χ3n) is 2.85. The van der Waals surface area contributed by atoms with Gasteiger partial charge >= 0.3 is 0 Å². The number of anilines is 1. The van der Waals surface area contributed by atoms with Crippen molar-refractivity contribution in [2.24, 2.45) is 0 Å². The van der Waals surface area contributed by atoms with E-state index in [4.69, 9.17) is 0 Å². The highest BCUT2D eigenvalue weighted by atomic mass is 79.9. The molecule has 0 unspecified atom stereocenters. The lowest BCUT2D eigenvalue weighted by Crippen LogP contribution is -2.07. The minimum atomic E-state index is 0.758. The van der Waals surface area contributed by atoms with E-state index >= 15 is 0 Å². The molecule has 1 N–H and O–H groups in total. The van der Waals surface area contributed by atoms with Crippen LogP contribution in [0.1, 0.15) is 29.6 Å². The van der Waals surface area contributed by atoms with Gasteiger partial charge in [-0.05, 0) is 42.3 Å². The molecular weight excluding hydrogens is 302 g/mol. The van der Waals surface area contributed by atoms with Crippen molar-refractivity contribution in [3.63, 3.8) is 0 Å². The molecule has 0 aliphatic carbocycles. The van der Waals surface area contributed by atoms with E-state index in [1.165, 1.54) is 11.1 Å². The lowest BCUT2D eigenvalue weighted by atomic mass is 10.1. The second kappa shape index (κ2) is 6.15. The second-order valence-corrected chi connectivity index (χ2v) is 5.38. The fraction of sp³-hybridized carbons (Fsp3) is 0.333. The number of hydrogen-bond donors (Lipinski definition) is 1. The Labute approximate surface area is 122 Å². The summed E-state index contributed by atoms with van der Waals surface area (Å²) in [5.74, 6) is 1.72. The van der Waals surface area contributed by atoms with E-state index in [0.29, 0.717) is 0 Å². The summed E-state index contributed by atoms with van der Waals surface area (Å²) in [6.07, 6.45) is 0.758. The lowest BCUT2D eigenvalue weighted by molar-refractivity contribution is 0.929. The van der Waals surface area contributed by atoms with Crippen LogP contribution in [0.3, 0.4) is 0 Å². The van der Waals surface area contributed by atoms with Gasteiger partial charge in [0.1, 0.15) is 11.6 Å². The minimum absolute atomic E-state index is 0.758. The summed E-state index contributed by atoms with van der Waals surface area (Å²) < 4.78 is 0.947. The summed E-state index contributed by atoms with van der Waals surface area (Å²) in [7, 11) is 0. The van der Waals surface area contributed by atoms with Crippen LogP contribution in [-0.2, 0) is 6.42 Å². The molecule has 3 nitrogen and oxygen atoms in total. The normalized spacial score (nSPS) is 10.5. The smallest absolute Gasteiger partial charge is 0.144 e. The molecule has 2 rings (SSSR count). The third-order valence-corrected chi connectivity index (χ3v) is 3.80. The van der Waals surface area contributed by atoms with Crippen LogP contribution in [0.2, 0.25) is 0 Å². The van der Waals surface area contributed by atoms with Gasteiger partial charge in [0, 0.05) is 13.0 Å². The molecule has 0 fully saturated rings. The summed E-state index contributed by atoms with van der Waals surface area (Å²) in [4.78, 5) is 9.12. The Balaban J connectivity index is 2.30. The van der Waals surface area contributed by atoms with Gasteiger partial charge in [-0.15, -0.1) is 0 Å². The first-order valence-electron chi connectivity index (χ1n) is 6.42. The zero-order valence-electron chi connectivity index (χ0n) is 11.5. The molecule has 0 spiro atoms. The van der Waals surface area contributed by atoms with Gasteiger partial charge in [-0.1, -0.05) is 29.8 Å². The van der Waals surface area contributed by atoms with Gasteiger partial charge in [0.25, 0.3) is 0 Å². The molecule has 0 aliphatic heterocycles. The SMILES string of the molecule is CCNc1nc(Cc2cccc(C)c2)nc(C)c1Br. The van der Waals surface area contributed by atoms with Crippen molar-refractivity contribution in [3.8, 4) is 0 Å². The molecule has 4 heteroatoms. The molecule has 19 heavy (non-hydrogen) atoms. The zero-order valence-corrected chi connectivity index (χ0v) is 13.1. The van der Waals surface area contributed by atoms with E-state index in [2.05, 4.69) is 69.3 Å². The first kappa shape index (κ1) is 14.0. The summed E-state index contributed by atoms with van der Waals surface area (Å²) in [5, 5.41) is 3.26. The molecule has 0 aliphatic rings. The van der Waals surface area contributed by atoms with Crippen molar-refractivity contribution in [1.82, 2.24) is 9.97 Å². The van der Waals surface area contributed by atoms with Gasteiger partial charge in [0.15, 0.2) is 0 Å². The van der Waals surface area contributed by atoms with E-state index in [-0.39, 0.29) is 0 Å². The van der Waals surface area contributed by atoms with E-state index < -0.39 is 0 Å². The monoisotopic (exact) mass is 319 g/mol. The first-order chi connectivity index (χ1) is 9.10. The third kappa shape index (κ3) is 3.53. The van der Waals surface area contributed by atoms with Crippen molar-refractivity contribution >= 4 is 21.7 Å². The Bertz CT molecular complexity index is 582. The fourth-order valence-electron chi connectivity index (χ4n) is 1.99. The highest BCUT2D eigenvalue weighted by Gasteiger charge is 2.09. The predicted octanol–water partition coefficient (Wildman–Crippen LogP) is 3.88. The van der Waals surface area contributed by atoms with E-state index in [1.54, 1.807) is 0 Å². The molecule has 0 saturated carbocycles. The fourth-order valence-corrected chi connectivity index (χ4v) is 2.30. The molecular formula is C15H18BrN3. The van der Waals surface area contributed by atoms with Gasteiger partial charge in [0.05, 0.1) is 10.2 Å². The molecule has 1 heterocycles. The molecule has 1 aromatic carbocycles. The zero-order chi connectivity index (χ0) is 13.8. The maximum atomic E-state index is 4.58. The van der Waals surface area contributed by atoms with Crippen LogP contribution in [0.25, 0.3) is 0 Å². The van der Waals surface area contributed by atoms with Crippen molar-refractivity contribution in [2.75, 3.05) is 11.9 Å². The second-order valence-electron chi connectivity index (χ2n) is 4.58. The summed E-state index contributed by atoms with van der Waals surface area (Å²) in [6, 6.07) is 8.46. The standard InChI is InChI=1S/C15H18BrN3/c1-4-17-15-14(16)11(3)18-13(19-15)9-12-7-5-6-10(2)8-12/h5-8H,4,9H2,1-3H3,(H,17,18,19). The summed E-state index contributed by atoms with van der Waals surface area (Å²) in [6.45, 7) is 7.00. The highest BCUT2D eigenvalue weighted by molar-refractivity contribution is 9.10. The van der Waals surface area contributed by atoms with Crippen LogP contribution < -0.4 is 5.32 Å². The Kier molecular flexibility index (Phi) is 4.53. The maximum absolute atomic E-state index is 4.58. The first-order valence-corrected chi connectivity index (χ1v) is 7.22. The lowest BCUT2D eigenvalue weighted by Gasteiger charge is -2.10. The minimum Gasteiger partial charge on any atom is -0.369 e. The topological polar surface area (TPSA) is 37.8 Å². The number of rotatable bonds is 4. The van der Waals surface area contributed by atoms with Crippen molar-refractivity contribution in [1.29, 1.82) is 0 Å². The van der Waals surface area contributed by atoms with Gasteiger partial charge in [-0.3, -0.25) is 0 Å². The molecule has 0 bridgehead atoms. The predicted molar refractivity (Wildman–Crippen MR) is 82.6 cm³/mol. The molecule has 0 radical (unpaired) electrons. The van der Waals surface area contributed by atoms with Crippen LogP contribution in [0.15, 0.2) is 28.7 Å². The van der Waals surface area contributed by atoms with E-state index in [9.17, 15) is 0 Å². The number of aryl methyl sites for hydroxylation is 2. The van der Waals surface area contributed by atoms with Crippen molar-refractivity contribution in [3.05, 3.63) is 51.4 Å². The van der Waals surface area contributed by atoms with Crippen molar-refractivity contribution in [2.45, 2.75) is 27.2 Å². The number of nitrogens with one attached hydrogen (secondary N) is 1. The van der Waals surface area contributed by atoms with E-state index in [1.807, 2.05) is 6.92 Å². The van der Waals surface area contributed by atoms with Gasteiger partial charge < -0.3 is 5.32 Å². The molecule has 0 amide bonds. The Hall–Kier alpha value is -1.42. The molecule has 0 atom stereocenters. The Morgan fingerprint density at radius 1 is 1.21 bits per heavy atom. The highest BCUT2D eigenvalue weighted by Crippen LogP contribution is 2.23. The Morgan fingerprint density at radius 2 is 2.00 bits per heavy atom. The molecule has 2 aromatic rings. The van der Waals surface area contributed by atoms with Crippen LogP contribution in [-0.4, -0.2) is 16.5 Å². The number of aromatic nitrogens is 2. The summed E-state index contributed by atoms with van der Waals surface area (Å²) >= 11 is 3.52. The average molecular weight is 320 g/mol. The van der Waals surface area contributed by atoms with Gasteiger partial charge in [0.2, 0.25) is 0 Å². The van der Waals surface area contributed by atoms with Gasteiger partial charge in [-0.2, -0.15) is 0 Å². The molecule has 0 saturated heterocycles. The Morgan fingerprint density at radius 3 is 2.68 bits per heavy atom. The number of halogens is 1. The largest absolute Gasteiger partial charge is 0.369 e. The number of benzene rings is 1. The van der Waals surface area contributed by atoms with Crippen LogP contribution in [0.4, 0.5) is 5.82 Å². The van der Waals surface area contributed by atoms with Crippen LogP contribution in [0, 0.1) is 13.8 Å². The van der Waals surface area contributed by atoms with Gasteiger partial charge in [-0.25, -0.2) is 9.97 Å². The van der Waals surface area contributed by atoms with Crippen molar-refractivity contribution < 1.29 is 0 Å². The number of nitrogens with zero attached hydrogens (tertiary/aromatic N) is 2. The summed E-state index contributed by atoms with van der Waals surface area (Å²) in [5.41, 5.74) is 3.47. The number of hydrogen-bond acceptors (Lipinski definition) is 3. The average Bonchev–Trinajstić information content (AvgIpc) is 2.35. The van der Waals surface area contributed by atoms with Crippen LogP contribution >= 0.6 is 15.9 Å². The molecule has 100 valence electrons. The van der Waals surface area contributed by atoms with E-state index in [0.717, 1.165) is 34.8 Å².